The Bertz CT molecular complexity index is 505. The summed E-state index contributed by atoms with van der Waals surface area (Å²) in [5.41, 5.74) is 2.77. The SMILES string of the molecule is CCCCNC(=O)Nc1ccc(-c2ccn[nH]2)cc1. The van der Waals surface area contributed by atoms with Crippen LogP contribution in [0.4, 0.5) is 10.5 Å². The highest BCUT2D eigenvalue weighted by Gasteiger charge is 2.02. The number of H-pyrrole nitrogens is 1. The van der Waals surface area contributed by atoms with Gasteiger partial charge in [0.2, 0.25) is 0 Å². The van der Waals surface area contributed by atoms with Crippen LogP contribution in [0.15, 0.2) is 36.5 Å². The van der Waals surface area contributed by atoms with E-state index in [4.69, 9.17) is 0 Å². The molecule has 0 spiro atoms. The standard InChI is InChI=1S/C14H18N4O/c1-2-3-9-15-14(19)17-12-6-4-11(5-7-12)13-8-10-16-18-13/h4-8,10H,2-3,9H2,1H3,(H,16,18)(H2,15,17,19). The smallest absolute Gasteiger partial charge is 0.319 e. The molecule has 100 valence electrons. The molecule has 0 aliphatic rings. The molecule has 2 amide bonds. The van der Waals surface area contributed by atoms with E-state index in [1.54, 1.807) is 6.20 Å². The number of carbonyl (C=O) groups is 1. The molecule has 0 bridgehead atoms. The van der Waals surface area contributed by atoms with E-state index in [1.807, 2.05) is 30.3 Å². The van der Waals surface area contributed by atoms with Gasteiger partial charge < -0.3 is 10.6 Å². The van der Waals surface area contributed by atoms with Crippen LogP contribution in [-0.2, 0) is 0 Å². The third kappa shape index (κ3) is 3.84. The van der Waals surface area contributed by atoms with Crippen LogP contribution in [0.25, 0.3) is 11.3 Å². The zero-order chi connectivity index (χ0) is 13.5. The summed E-state index contributed by atoms with van der Waals surface area (Å²) >= 11 is 0. The number of anilines is 1. The van der Waals surface area contributed by atoms with Gasteiger partial charge in [0, 0.05) is 18.4 Å². The van der Waals surface area contributed by atoms with Gasteiger partial charge in [0.05, 0.1) is 5.69 Å². The summed E-state index contributed by atoms with van der Waals surface area (Å²) < 4.78 is 0. The zero-order valence-electron chi connectivity index (χ0n) is 10.9. The molecule has 0 saturated carbocycles. The van der Waals surface area contributed by atoms with E-state index >= 15 is 0 Å². The number of urea groups is 1. The lowest BCUT2D eigenvalue weighted by Gasteiger charge is -2.07. The molecule has 2 rings (SSSR count). The highest BCUT2D eigenvalue weighted by Crippen LogP contribution is 2.18. The summed E-state index contributed by atoms with van der Waals surface area (Å²) in [7, 11) is 0. The summed E-state index contributed by atoms with van der Waals surface area (Å²) in [6, 6.07) is 9.36. The van der Waals surface area contributed by atoms with Crippen LogP contribution >= 0.6 is 0 Å². The molecule has 1 aromatic heterocycles. The Morgan fingerprint density at radius 2 is 2.05 bits per heavy atom. The monoisotopic (exact) mass is 258 g/mol. The highest BCUT2D eigenvalue weighted by atomic mass is 16.2. The molecule has 5 heteroatoms. The van der Waals surface area contributed by atoms with Crippen molar-refractivity contribution in [3.05, 3.63) is 36.5 Å². The van der Waals surface area contributed by atoms with Crippen LogP contribution in [0.3, 0.4) is 0 Å². The minimum atomic E-state index is -0.164. The first-order valence-electron chi connectivity index (χ1n) is 6.44. The lowest BCUT2D eigenvalue weighted by molar-refractivity contribution is 0.252. The van der Waals surface area contributed by atoms with Gasteiger partial charge >= 0.3 is 6.03 Å². The Labute approximate surface area is 112 Å². The zero-order valence-corrected chi connectivity index (χ0v) is 10.9. The van der Waals surface area contributed by atoms with E-state index in [9.17, 15) is 4.79 Å². The molecular weight excluding hydrogens is 240 g/mol. The Balaban J connectivity index is 1.90. The van der Waals surface area contributed by atoms with Crippen LogP contribution in [0.2, 0.25) is 0 Å². The van der Waals surface area contributed by atoms with Crippen LogP contribution in [0, 0.1) is 0 Å². The summed E-state index contributed by atoms with van der Waals surface area (Å²) in [5.74, 6) is 0. The maximum Gasteiger partial charge on any atom is 0.319 e. The lowest BCUT2D eigenvalue weighted by atomic mass is 10.1. The number of rotatable bonds is 5. The predicted octanol–water partition coefficient (Wildman–Crippen LogP) is 3.00. The van der Waals surface area contributed by atoms with E-state index < -0.39 is 0 Å². The van der Waals surface area contributed by atoms with Gasteiger partial charge in [0.15, 0.2) is 0 Å². The van der Waals surface area contributed by atoms with E-state index in [1.165, 1.54) is 0 Å². The largest absolute Gasteiger partial charge is 0.338 e. The minimum absolute atomic E-state index is 0.164. The maximum absolute atomic E-state index is 11.6. The summed E-state index contributed by atoms with van der Waals surface area (Å²) in [6.45, 7) is 2.79. The Morgan fingerprint density at radius 3 is 2.68 bits per heavy atom. The highest BCUT2D eigenvalue weighted by molar-refractivity contribution is 5.89. The second-order valence-electron chi connectivity index (χ2n) is 4.28. The molecule has 1 aromatic carbocycles. The quantitative estimate of drug-likeness (QED) is 0.721. The molecule has 0 unspecified atom stereocenters. The van der Waals surface area contributed by atoms with Crippen molar-refractivity contribution in [2.75, 3.05) is 11.9 Å². The summed E-state index contributed by atoms with van der Waals surface area (Å²) in [5, 5.41) is 12.4. The van der Waals surface area contributed by atoms with Crippen molar-refractivity contribution in [1.29, 1.82) is 0 Å². The fourth-order valence-corrected chi connectivity index (χ4v) is 1.70. The Morgan fingerprint density at radius 1 is 1.26 bits per heavy atom. The molecule has 0 radical (unpaired) electrons. The van der Waals surface area contributed by atoms with E-state index in [-0.39, 0.29) is 6.03 Å². The number of nitrogens with one attached hydrogen (secondary N) is 3. The molecule has 0 atom stereocenters. The van der Waals surface area contributed by atoms with Gasteiger partial charge in [-0.15, -0.1) is 0 Å². The van der Waals surface area contributed by atoms with Crippen molar-refractivity contribution in [3.63, 3.8) is 0 Å². The molecule has 3 N–H and O–H groups in total. The number of aromatic amines is 1. The average Bonchev–Trinajstić information content (AvgIpc) is 2.94. The van der Waals surface area contributed by atoms with E-state index in [0.717, 1.165) is 29.8 Å². The van der Waals surface area contributed by atoms with Crippen molar-refractivity contribution >= 4 is 11.7 Å². The van der Waals surface area contributed by atoms with Gasteiger partial charge in [-0.25, -0.2) is 4.79 Å². The first-order valence-corrected chi connectivity index (χ1v) is 6.44. The lowest BCUT2D eigenvalue weighted by Crippen LogP contribution is -2.29. The first kappa shape index (κ1) is 13.1. The molecule has 19 heavy (non-hydrogen) atoms. The minimum Gasteiger partial charge on any atom is -0.338 e. The molecule has 2 aromatic rings. The van der Waals surface area contributed by atoms with Crippen LogP contribution in [-0.4, -0.2) is 22.8 Å². The Hall–Kier alpha value is -2.30. The summed E-state index contributed by atoms with van der Waals surface area (Å²) in [4.78, 5) is 11.6. The molecule has 0 fully saturated rings. The maximum atomic E-state index is 11.6. The van der Waals surface area contributed by atoms with Gasteiger partial charge in [0.1, 0.15) is 0 Å². The van der Waals surface area contributed by atoms with Crippen molar-refractivity contribution in [2.45, 2.75) is 19.8 Å². The first-order chi connectivity index (χ1) is 9.29. The van der Waals surface area contributed by atoms with Crippen LogP contribution in [0.1, 0.15) is 19.8 Å². The molecule has 0 saturated heterocycles. The molecular formula is C14H18N4O. The Kier molecular flexibility index (Phi) is 4.55. The topological polar surface area (TPSA) is 69.8 Å². The number of aromatic nitrogens is 2. The molecule has 5 nitrogen and oxygen atoms in total. The van der Waals surface area contributed by atoms with Gasteiger partial charge in [-0.05, 0) is 30.2 Å². The van der Waals surface area contributed by atoms with Gasteiger partial charge in [-0.3, -0.25) is 5.10 Å². The number of unbranched alkanes of at least 4 members (excludes halogenated alkanes) is 1. The number of hydrogen-bond acceptors (Lipinski definition) is 2. The fourth-order valence-electron chi connectivity index (χ4n) is 1.70. The predicted molar refractivity (Wildman–Crippen MR) is 76.0 cm³/mol. The normalized spacial score (nSPS) is 10.2. The van der Waals surface area contributed by atoms with Gasteiger partial charge in [-0.2, -0.15) is 5.10 Å². The van der Waals surface area contributed by atoms with Crippen molar-refractivity contribution in [2.24, 2.45) is 0 Å². The number of carbonyl (C=O) groups excluding carboxylic acids is 1. The second-order valence-corrected chi connectivity index (χ2v) is 4.28. The number of amides is 2. The van der Waals surface area contributed by atoms with Gasteiger partial charge in [0.25, 0.3) is 0 Å². The van der Waals surface area contributed by atoms with E-state index in [2.05, 4.69) is 27.8 Å². The molecule has 0 aliphatic heterocycles. The average molecular weight is 258 g/mol. The van der Waals surface area contributed by atoms with E-state index in [0.29, 0.717) is 6.54 Å². The fraction of sp³-hybridized carbons (Fsp3) is 0.286. The number of benzene rings is 1. The summed E-state index contributed by atoms with van der Waals surface area (Å²) in [6.07, 6.45) is 3.77. The third-order valence-corrected chi connectivity index (χ3v) is 2.77. The van der Waals surface area contributed by atoms with Crippen LogP contribution < -0.4 is 10.6 Å². The van der Waals surface area contributed by atoms with Crippen LogP contribution in [0.5, 0.6) is 0 Å². The number of hydrogen-bond donors (Lipinski definition) is 3. The third-order valence-electron chi connectivity index (χ3n) is 2.77. The van der Waals surface area contributed by atoms with Crippen molar-refractivity contribution in [3.8, 4) is 11.3 Å². The second kappa shape index (κ2) is 6.58. The molecule has 1 heterocycles. The molecule has 0 aliphatic carbocycles. The van der Waals surface area contributed by atoms with Crippen molar-refractivity contribution < 1.29 is 4.79 Å². The number of nitrogens with zero attached hydrogens (tertiary/aromatic N) is 1. The van der Waals surface area contributed by atoms with Gasteiger partial charge in [-0.1, -0.05) is 25.5 Å². The van der Waals surface area contributed by atoms with Crippen molar-refractivity contribution in [1.82, 2.24) is 15.5 Å².